The van der Waals surface area contributed by atoms with Crippen molar-refractivity contribution in [2.45, 2.75) is 5.60 Å². The monoisotopic (exact) mass is 275 g/mol. The van der Waals surface area contributed by atoms with Crippen molar-refractivity contribution in [3.05, 3.63) is 58.4 Å². The van der Waals surface area contributed by atoms with Crippen LogP contribution in [0.2, 0.25) is 0 Å². The summed E-state index contributed by atoms with van der Waals surface area (Å²) in [4.78, 5) is 17.7. The summed E-state index contributed by atoms with van der Waals surface area (Å²) in [6.45, 7) is 0.537. The van der Waals surface area contributed by atoms with Crippen molar-refractivity contribution in [1.29, 1.82) is 0 Å². The Morgan fingerprint density at radius 3 is 2.60 bits per heavy atom. The Kier molecular flexibility index (Phi) is 2.83. The van der Waals surface area contributed by atoms with Crippen molar-refractivity contribution >= 4 is 5.82 Å². The molecule has 0 bridgehead atoms. The lowest BCUT2D eigenvalue weighted by Gasteiger charge is -2.47. The second-order valence-electron chi connectivity index (χ2n) is 5.06. The van der Waals surface area contributed by atoms with Gasteiger partial charge < -0.3 is 14.6 Å². The molecule has 1 aromatic carbocycles. The van der Waals surface area contributed by atoms with Crippen molar-refractivity contribution in [3.8, 4) is 0 Å². The van der Waals surface area contributed by atoms with E-state index in [0.717, 1.165) is 0 Å². The molecular weight excluding hydrogens is 261 g/mol. The van der Waals surface area contributed by atoms with E-state index < -0.39 is 5.60 Å². The highest BCUT2D eigenvalue weighted by atomic mass is 19.1. The highest BCUT2D eigenvalue weighted by Gasteiger charge is 2.44. The Hall–Kier alpha value is -2.21. The van der Waals surface area contributed by atoms with Crippen molar-refractivity contribution in [2.24, 2.45) is 7.05 Å². The summed E-state index contributed by atoms with van der Waals surface area (Å²) in [5.41, 5.74) is -0.618. The smallest absolute Gasteiger partial charge is 0.293 e. The van der Waals surface area contributed by atoms with Crippen molar-refractivity contribution in [3.63, 3.8) is 0 Å². The summed E-state index contributed by atoms with van der Waals surface area (Å²) >= 11 is 0. The molecule has 0 spiro atoms. The number of anilines is 1. The summed E-state index contributed by atoms with van der Waals surface area (Å²) < 4.78 is 14.3. The van der Waals surface area contributed by atoms with E-state index in [-0.39, 0.29) is 24.5 Å². The molecule has 6 heteroatoms. The molecule has 3 rings (SSSR count). The largest absolute Gasteiger partial charge is 0.381 e. The fraction of sp³-hybridized carbons (Fsp3) is 0.286. The molecular formula is C14H14FN3O2. The van der Waals surface area contributed by atoms with Gasteiger partial charge in [0.15, 0.2) is 5.82 Å². The van der Waals surface area contributed by atoms with Gasteiger partial charge in [0.1, 0.15) is 11.4 Å². The van der Waals surface area contributed by atoms with E-state index >= 15 is 0 Å². The molecule has 1 saturated heterocycles. The van der Waals surface area contributed by atoms with Gasteiger partial charge in [-0.05, 0) is 17.7 Å². The lowest BCUT2D eigenvalue weighted by Crippen LogP contribution is -2.61. The van der Waals surface area contributed by atoms with Gasteiger partial charge in [-0.2, -0.15) is 0 Å². The number of benzene rings is 1. The van der Waals surface area contributed by atoms with Crippen LogP contribution in [0.3, 0.4) is 0 Å². The first kappa shape index (κ1) is 12.8. The van der Waals surface area contributed by atoms with Crippen LogP contribution in [0.15, 0.2) is 41.5 Å². The molecule has 0 aliphatic carbocycles. The number of nitrogens with zero attached hydrogens (tertiary/aromatic N) is 3. The third-order valence-corrected chi connectivity index (χ3v) is 3.58. The molecule has 0 radical (unpaired) electrons. The third-order valence-electron chi connectivity index (χ3n) is 3.58. The number of aliphatic hydroxyl groups is 1. The molecule has 104 valence electrons. The lowest BCUT2D eigenvalue weighted by atomic mass is 9.86. The van der Waals surface area contributed by atoms with E-state index in [1.54, 1.807) is 36.5 Å². The van der Waals surface area contributed by atoms with Crippen LogP contribution in [0.25, 0.3) is 0 Å². The zero-order valence-corrected chi connectivity index (χ0v) is 11.0. The first-order valence-corrected chi connectivity index (χ1v) is 6.25. The summed E-state index contributed by atoms with van der Waals surface area (Å²) in [6, 6.07) is 5.75. The average molecular weight is 275 g/mol. The Labute approximate surface area is 114 Å². The van der Waals surface area contributed by atoms with Crippen LogP contribution < -0.4 is 10.5 Å². The predicted molar refractivity (Wildman–Crippen MR) is 72.0 cm³/mol. The van der Waals surface area contributed by atoms with E-state index in [4.69, 9.17) is 0 Å². The quantitative estimate of drug-likeness (QED) is 0.873. The average Bonchev–Trinajstić information content (AvgIpc) is 2.39. The van der Waals surface area contributed by atoms with Crippen LogP contribution in [-0.2, 0) is 12.6 Å². The van der Waals surface area contributed by atoms with Gasteiger partial charge in [-0.15, -0.1) is 0 Å². The fourth-order valence-corrected chi connectivity index (χ4v) is 2.38. The first-order chi connectivity index (χ1) is 9.49. The van der Waals surface area contributed by atoms with Gasteiger partial charge in [0.25, 0.3) is 5.56 Å². The molecule has 0 atom stereocenters. The molecule has 1 aliphatic rings. The minimum Gasteiger partial charge on any atom is -0.381 e. The Bertz CT molecular complexity index is 690. The van der Waals surface area contributed by atoms with Crippen LogP contribution in [0.5, 0.6) is 0 Å². The number of hydrogen-bond acceptors (Lipinski definition) is 4. The zero-order valence-electron chi connectivity index (χ0n) is 11.0. The molecule has 2 heterocycles. The highest BCUT2D eigenvalue weighted by Crippen LogP contribution is 2.33. The van der Waals surface area contributed by atoms with Gasteiger partial charge in [0.05, 0.1) is 13.1 Å². The minimum absolute atomic E-state index is 0.200. The molecule has 1 N–H and O–H groups in total. The standard InChI is InChI=1S/C14H14FN3O2/c1-17-7-6-16-12(13(17)19)18-8-14(20,9-18)10-2-4-11(15)5-3-10/h2-7,20H,8-9H2,1H3. The summed E-state index contributed by atoms with van der Waals surface area (Å²) in [6.07, 6.45) is 3.13. The van der Waals surface area contributed by atoms with Crippen LogP contribution in [0.1, 0.15) is 5.56 Å². The zero-order chi connectivity index (χ0) is 14.3. The number of rotatable bonds is 2. The van der Waals surface area contributed by atoms with Gasteiger partial charge in [-0.25, -0.2) is 9.37 Å². The SMILES string of the molecule is Cn1ccnc(N2CC(O)(c3ccc(F)cc3)C2)c1=O. The van der Waals surface area contributed by atoms with Gasteiger partial charge in [-0.3, -0.25) is 4.79 Å². The van der Waals surface area contributed by atoms with E-state index in [1.165, 1.54) is 16.7 Å². The van der Waals surface area contributed by atoms with E-state index in [0.29, 0.717) is 11.4 Å². The number of β-amino-alcohol motifs (C(OH)–C–C–N with tert-alkyl or cyclic N) is 1. The van der Waals surface area contributed by atoms with Crippen LogP contribution in [-0.4, -0.2) is 27.7 Å². The van der Waals surface area contributed by atoms with E-state index in [2.05, 4.69) is 4.98 Å². The Morgan fingerprint density at radius 1 is 1.30 bits per heavy atom. The lowest BCUT2D eigenvalue weighted by molar-refractivity contribution is 0.00679. The van der Waals surface area contributed by atoms with E-state index in [1.807, 2.05) is 0 Å². The fourth-order valence-electron chi connectivity index (χ4n) is 2.38. The normalized spacial score (nSPS) is 16.9. The van der Waals surface area contributed by atoms with Gasteiger partial charge >= 0.3 is 0 Å². The highest BCUT2D eigenvalue weighted by molar-refractivity contribution is 5.45. The van der Waals surface area contributed by atoms with Crippen molar-refractivity contribution < 1.29 is 9.50 Å². The molecule has 1 aromatic heterocycles. The second-order valence-corrected chi connectivity index (χ2v) is 5.06. The van der Waals surface area contributed by atoms with Gasteiger partial charge in [0.2, 0.25) is 0 Å². The first-order valence-electron chi connectivity index (χ1n) is 6.25. The predicted octanol–water partition coefficient (Wildman–Crippen LogP) is 0.627. The maximum atomic E-state index is 12.9. The summed E-state index contributed by atoms with van der Waals surface area (Å²) in [7, 11) is 1.65. The molecule has 5 nitrogen and oxygen atoms in total. The van der Waals surface area contributed by atoms with Gasteiger partial charge in [0, 0.05) is 19.4 Å². The van der Waals surface area contributed by atoms with E-state index in [9.17, 15) is 14.3 Å². The molecule has 1 aliphatic heterocycles. The van der Waals surface area contributed by atoms with Crippen molar-refractivity contribution in [2.75, 3.05) is 18.0 Å². The Balaban J connectivity index is 1.82. The molecule has 0 unspecified atom stereocenters. The van der Waals surface area contributed by atoms with Crippen molar-refractivity contribution in [1.82, 2.24) is 9.55 Å². The maximum absolute atomic E-state index is 12.9. The minimum atomic E-state index is -1.06. The summed E-state index contributed by atoms with van der Waals surface area (Å²) in [5.74, 6) is -0.0195. The molecule has 1 fully saturated rings. The van der Waals surface area contributed by atoms with Crippen LogP contribution >= 0.6 is 0 Å². The number of hydrogen-bond donors (Lipinski definition) is 1. The molecule has 0 saturated carbocycles. The maximum Gasteiger partial charge on any atom is 0.293 e. The second kappa shape index (κ2) is 4.42. The Morgan fingerprint density at radius 2 is 1.95 bits per heavy atom. The van der Waals surface area contributed by atoms with Crippen LogP contribution in [0.4, 0.5) is 10.2 Å². The molecule has 2 aromatic rings. The number of aryl methyl sites for hydroxylation is 1. The topological polar surface area (TPSA) is 58.4 Å². The third kappa shape index (κ3) is 1.98. The number of aromatic nitrogens is 2. The molecule has 0 amide bonds. The molecule has 20 heavy (non-hydrogen) atoms. The van der Waals surface area contributed by atoms with Crippen LogP contribution in [0, 0.1) is 5.82 Å². The van der Waals surface area contributed by atoms with Gasteiger partial charge in [-0.1, -0.05) is 12.1 Å². The number of halogens is 1. The summed E-state index contributed by atoms with van der Waals surface area (Å²) in [5, 5.41) is 10.5.